The molecule has 0 saturated carbocycles. The van der Waals surface area contributed by atoms with Gasteiger partial charge in [-0.15, -0.1) is 0 Å². The molecule has 0 unspecified atom stereocenters. The normalized spacial score (nSPS) is 10.0. The average molecular weight is 235 g/mol. The zero-order chi connectivity index (χ0) is 12.7. The van der Waals surface area contributed by atoms with Gasteiger partial charge in [0, 0.05) is 11.5 Å². The second-order valence-corrected chi connectivity index (χ2v) is 3.08. The monoisotopic (exact) mass is 235 g/mol. The van der Waals surface area contributed by atoms with Crippen molar-refractivity contribution in [1.82, 2.24) is 0 Å². The molecule has 0 amide bonds. The third-order valence-corrected chi connectivity index (χ3v) is 1.90. The first kappa shape index (κ1) is 12.7. The van der Waals surface area contributed by atoms with Crippen LogP contribution in [0.3, 0.4) is 0 Å². The van der Waals surface area contributed by atoms with Gasteiger partial charge >= 0.3 is 5.97 Å². The van der Waals surface area contributed by atoms with Crippen LogP contribution in [0.1, 0.15) is 15.9 Å². The van der Waals surface area contributed by atoms with Crippen molar-refractivity contribution >= 4 is 12.0 Å². The molecule has 1 rings (SSSR count). The lowest BCUT2D eigenvalue weighted by atomic mass is 10.1. The number of halogens is 1. The third kappa shape index (κ3) is 3.96. The molecule has 0 aliphatic carbocycles. The molecule has 1 aromatic carbocycles. The molecular weight excluding hydrogens is 225 g/mol. The van der Waals surface area contributed by atoms with Crippen molar-refractivity contribution in [2.24, 2.45) is 5.11 Å². The van der Waals surface area contributed by atoms with Gasteiger partial charge in [-0.1, -0.05) is 17.3 Å². The zero-order valence-corrected chi connectivity index (χ0v) is 9.13. The molecule has 88 valence electrons. The van der Waals surface area contributed by atoms with Gasteiger partial charge in [-0.3, -0.25) is 0 Å². The van der Waals surface area contributed by atoms with Crippen LogP contribution in [-0.4, -0.2) is 19.6 Å². The number of carbonyl (C=O) groups is 1. The van der Waals surface area contributed by atoms with Crippen LogP contribution in [0.2, 0.25) is 0 Å². The van der Waals surface area contributed by atoms with E-state index in [2.05, 4.69) is 14.8 Å². The van der Waals surface area contributed by atoms with Crippen LogP contribution in [0, 0.1) is 5.82 Å². The van der Waals surface area contributed by atoms with E-state index < -0.39 is 11.8 Å². The Bertz CT molecular complexity index is 493. The molecule has 0 aromatic heterocycles. The zero-order valence-electron chi connectivity index (χ0n) is 9.13. The standard InChI is InChI=1S/C11H10FN3O2/c1-17-11(16)9-5-8(6-10(12)7-9)3-2-4-14-15-13/h2-3,5-7H,4H2,1H3. The molecule has 17 heavy (non-hydrogen) atoms. The van der Waals surface area contributed by atoms with Crippen LogP contribution in [0.15, 0.2) is 29.4 Å². The van der Waals surface area contributed by atoms with E-state index in [0.717, 1.165) is 6.07 Å². The minimum absolute atomic E-state index is 0.135. The van der Waals surface area contributed by atoms with E-state index in [0.29, 0.717) is 5.56 Å². The summed E-state index contributed by atoms with van der Waals surface area (Å²) in [5.41, 5.74) is 8.69. The van der Waals surface area contributed by atoms with Crippen molar-refractivity contribution in [2.45, 2.75) is 0 Å². The average Bonchev–Trinajstić information content (AvgIpc) is 2.33. The molecule has 0 radical (unpaired) electrons. The number of carbonyl (C=O) groups excluding carboxylic acids is 1. The second kappa shape index (κ2) is 6.30. The van der Waals surface area contributed by atoms with Gasteiger partial charge in [-0.2, -0.15) is 0 Å². The van der Waals surface area contributed by atoms with Crippen molar-refractivity contribution in [2.75, 3.05) is 13.7 Å². The lowest BCUT2D eigenvalue weighted by molar-refractivity contribution is 0.0600. The Labute approximate surface area is 97.1 Å². The second-order valence-electron chi connectivity index (χ2n) is 3.08. The highest BCUT2D eigenvalue weighted by atomic mass is 19.1. The SMILES string of the molecule is COC(=O)c1cc(F)cc(C=CCN=[N+]=[N-])c1. The summed E-state index contributed by atoms with van der Waals surface area (Å²) in [7, 11) is 1.23. The van der Waals surface area contributed by atoms with Crippen LogP contribution in [0.4, 0.5) is 4.39 Å². The highest BCUT2D eigenvalue weighted by Crippen LogP contribution is 2.11. The topological polar surface area (TPSA) is 75.1 Å². The highest BCUT2D eigenvalue weighted by molar-refractivity contribution is 5.90. The smallest absolute Gasteiger partial charge is 0.337 e. The number of methoxy groups -OCH3 is 1. The molecule has 5 nitrogen and oxygen atoms in total. The minimum atomic E-state index is -0.603. The Morgan fingerprint density at radius 1 is 1.59 bits per heavy atom. The van der Waals surface area contributed by atoms with E-state index in [1.54, 1.807) is 12.2 Å². The Hall–Kier alpha value is -2.33. The highest BCUT2D eigenvalue weighted by Gasteiger charge is 2.07. The largest absolute Gasteiger partial charge is 0.465 e. The molecule has 0 fully saturated rings. The summed E-state index contributed by atoms with van der Waals surface area (Å²) >= 11 is 0. The van der Waals surface area contributed by atoms with Crippen molar-refractivity contribution < 1.29 is 13.9 Å². The quantitative estimate of drug-likeness (QED) is 0.348. The molecule has 0 bridgehead atoms. The predicted molar refractivity (Wildman–Crippen MR) is 60.8 cm³/mol. The summed E-state index contributed by atoms with van der Waals surface area (Å²) in [6.07, 6.45) is 3.12. The molecule has 0 atom stereocenters. The molecule has 0 saturated heterocycles. The molecule has 0 aliphatic rings. The third-order valence-electron chi connectivity index (χ3n) is 1.90. The summed E-state index contributed by atoms with van der Waals surface area (Å²) in [6.45, 7) is 0.167. The molecular formula is C11H10FN3O2. The van der Waals surface area contributed by atoms with Gasteiger partial charge in [0.25, 0.3) is 0 Å². The van der Waals surface area contributed by atoms with Crippen molar-refractivity contribution in [3.8, 4) is 0 Å². The molecule has 6 heteroatoms. The van der Waals surface area contributed by atoms with E-state index >= 15 is 0 Å². The van der Waals surface area contributed by atoms with E-state index in [-0.39, 0.29) is 12.1 Å². The maximum atomic E-state index is 13.2. The Morgan fingerprint density at radius 2 is 2.35 bits per heavy atom. The number of esters is 1. The molecule has 0 spiro atoms. The molecule has 1 aromatic rings. The summed E-state index contributed by atoms with van der Waals surface area (Å²) in [5.74, 6) is -1.13. The van der Waals surface area contributed by atoms with Gasteiger partial charge in [0.2, 0.25) is 0 Å². The number of hydrogen-bond donors (Lipinski definition) is 0. The van der Waals surface area contributed by atoms with Gasteiger partial charge in [0.1, 0.15) is 5.82 Å². The van der Waals surface area contributed by atoms with E-state index in [9.17, 15) is 9.18 Å². The van der Waals surface area contributed by atoms with Crippen LogP contribution in [-0.2, 0) is 4.74 Å². The lowest BCUT2D eigenvalue weighted by Crippen LogP contribution is -2.02. The first-order valence-electron chi connectivity index (χ1n) is 4.73. The molecule has 0 aliphatic heterocycles. The van der Waals surface area contributed by atoms with Gasteiger partial charge in [-0.05, 0) is 29.3 Å². The van der Waals surface area contributed by atoms with E-state index in [1.807, 2.05) is 0 Å². The van der Waals surface area contributed by atoms with Gasteiger partial charge < -0.3 is 4.74 Å². The fraction of sp³-hybridized carbons (Fsp3) is 0.182. The Morgan fingerprint density at radius 3 is 3.00 bits per heavy atom. The van der Waals surface area contributed by atoms with Crippen LogP contribution < -0.4 is 0 Å². The summed E-state index contributed by atoms with van der Waals surface area (Å²) < 4.78 is 17.7. The summed E-state index contributed by atoms with van der Waals surface area (Å²) in [5, 5.41) is 3.29. The van der Waals surface area contributed by atoms with Crippen LogP contribution in [0.25, 0.3) is 16.5 Å². The summed E-state index contributed by atoms with van der Waals surface area (Å²) in [6, 6.07) is 3.84. The number of nitrogens with zero attached hydrogens (tertiary/aromatic N) is 3. The van der Waals surface area contributed by atoms with Crippen LogP contribution in [0.5, 0.6) is 0 Å². The number of azide groups is 1. The number of hydrogen-bond acceptors (Lipinski definition) is 3. The van der Waals surface area contributed by atoms with Gasteiger partial charge in [0.15, 0.2) is 0 Å². The molecule has 0 heterocycles. The Balaban J connectivity index is 2.93. The minimum Gasteiger partial charge on any atom is -0.465 e. The predicted octanol–water partition coefficient (Wildman–Crippen LogP) is 2.94. The van der Waals surface area contributed by atoms with Crippen LogP contribution >= 0.6 is 0 Å². The maximum Gasteiger partial charge on any atom is 0.337 e. The fourth-order valence-corrected chi connectivity index (χ4v) is 1.22. The fourth-order valence-electron chi connectivity index (χ4n) is 1.22. The van der Waals surface area contributed by atoms with Crippen molar-refractivity contribution in [3.63, 3.8) is 0 Å². The van der Waals surface area contributed by atoms with Gasteiger partial charge in [-0.25, -0.2) is 9.18 Å². The number of benzene rings is 1. The lowest BCUT2D eigenvalue weighted by Gasteiger charge is -2.01. The van der Waals surface area contributed by atoms with Crippen molar-refractivity contribution in [3.05, 3.63) is 51.7 Å². The maximum absolute atomic E-state index is 13.2. The first-order valence-corrected chi connectivity index (χ1v) is 4.73. The number of ether oxygens (including phenoxy) is 1. The van der Waals surface area contributed by atoms with E-state index in [4.69, 9.17) is 5.53 Å². The van der Waals surface area contributed by atoms with Crippen molar-refractivity contribution in [1.29, 1.82) is 0 Å². The molecule has 0 N–H and O–H groups in total. The van der Waals surface area contributed by atoms with E-state index in [1.165, 1.54) is 19.2 Å². The number of rotatable bonds is 4. The Kier molecular flexibility index (Phi) is 4.72. The summed E-state index contributed by atoms with van der Waals surface area (Å²) in [4.78, 5) is 13.8. The first-order chi connectivity index (χ1) is 8.17. The van der Waals surface area contributed by atoms with Gasteiger partial charge in [0.05, 0.1) is 12.7 Å².